The minimum atomic E-state index is -0.791. The van der Waals surface area contributed by atoms with Gasteiger partial charge < -0.3 is 4.90 Å². The van der Waals surface area contributed by atoms with Crippen molar-refractivity contribution in [1.82, 2.24) is 9.47 Å². The molecule has 0 unspecified atom stereocenters. The number of amides is 1. The highest BCUT2D eigenvalue weighted by Gasteiger charge is 2.17. The highest BCUT2D eigenvalue weighted by atomic mass is 19.1. The van der Waals surface area contributed by atoms with Crippen LogP contribution < -0.4 is 5.56 Å². The Kier molecular flexibility index (Phi) is 5.24. The molecule has 0 aliphatic heterocycles. The lowest BCUT2D eigenvalue weighted by molar-refractivity contribution is -0.385. The maximum atomic E-state index is 13.2. The fraction of sp³-hybridized carbons (Fsp3) is 0.188. The molecule has 0 radical (unpaired) electrons. The number of aromatic nitrogens is 1. The minimum absolute atomic E-state index is 0.103. The predicted octanol–water partition coefficient (Wildman–Crippen LogP) is 1.43. The molecular formula is C16H13FN4O4. The molecule has 1 heterocycles. The van der Waals surface area contributed by atoms with E-state index in [1.807, 2.05) is 0 Å². The van der Waals surface area contributed by atoms with Crippen LogP contribution in [0.15, 0.2) is 41.3 Å². The van der Waals surface area contributed by atoms with Crippen molar-refractivity contribution in [2.75, 3.05) is 7.05 Å². The molecule has 2 rings (SSSR count). The van der Waals surface area contributed by atoms with Gasteiger partial charge in [0.1, 0.15) is 24.0 Å². The number of nitro groups is 1. The SMILES string of the molecule is CN(Cc1cccc(F)c1)C(=O)Cn1cc([N+](=O)[O-])cc(C#N)c1=O. The third kappa shape index (κ3) is 4.26. The summed E-state index contributed by atoms with van der Waals surface area (Å²) in [5, 5.41) is 19.8. The molecule has 0 atom stereocenters. The summed E-state index contributed by atoms with van der Waals surface area (Å²) in [6.45, 7) is -0.369. The van der Waals surface area contributed by atoms with Crippen LogP contribution >= 0.6 is 0 Å². The summed E-state index contributed by atoms with van der Waals surface area (Å²) >= 11 is 0. The van der Waals surface area contributed by atoms with Gasteiger partial charge in [0, 0.05) is 19.7 Å². The number of hydrogen-bond donors (Lipinski definition) is 0. The first-order chi connectivity index (χ1) is 11.8. The van der Waals surface area contributed by atoms with E-state index in [1.165, 1.54) is 30.1 Å². The van der Waals surface area contributed by atoms with Gasteiger partial charge in [0.25, 0.3) is 11.2 Å². The molecule has 1 aromatic carbocycles. The number of carbonyl (C=O) groups excluding carboxylic acids is 1. The van der Waals surface area contributed by atoms with Crippen LogP contribution in [0.1, 0.15) is 11.1 Å². The molecule has 1 amide bonds. The van der Waals surface area contributed by atoms with Crippen molar-refractivity contribution >= 4 is 11.6 Å². The van der Waals surface area contributed by atoms with Crippen molar-refractivity contribution < 1.29 is 14.1 Å². The van der Waals surface area contributed by atoms with E-state index < -0.39 is 40.0 Å². The van der Waals surface area contributed by atoms with Gasteiger partial charge in [0.15, 0.2) is 0 Å². The number of pyridine rings is 1. The largest absolute Gasteiger partial charge is 0.340 e. The quantitative estimate of drug-likeness (QED) is 0.602. The number of carbonyl (C=O) groups is 1. The molecule has 8 nitrogen and oxygen atoms in total. The summed E-state index contributed by atoms with van der Waals surface area (Å²) in [6.07, 6.45) is 0.914. The molecule has 0 N–H and O–H groups in total. The van der Waals surface area contributed by atoms with Crippen molar-refractivity contribution in [1.29, 1.82) is 5.26 Å². The Morgan fingerprint density at radius 1 is 1.44 bits per heavy atom. The topological polar surface area (TPSA) is 109 Å². The Labute approximate surface area is 141 Å². The number of hydrogen-bond acceptors (Lipinski definition) is 5. The normalized spacial score (nSPS) is 10.1. The van der Waals surface area contributed by atoms with Gasteiger partial charge in [-0.1, -0.05) is 12.1 Å². The van der Waals surface area contributed by atoms with E-state index in [2.05, 4.69) is 0 Å². The lowest BCUT2D eigenvalue weighted by Crippen LogP contribution is -2.34. The van der Waals surface area contributed by atoms with Gasteiger partial charge in [-0.2, -0.15) is 5.26 Å². The molecule has 128 valence electrons. The van der Waals surface area contributed by atoms with Gasteiger partial charge in [-0.15, -0.1) is 0 Å². The van der Waals surface area contributed by atoms with E-state index >= 15 is 0 Å². The summed E-state index contributed by atoms with van der Waals surface area (Å²) in [5.74, 6) is -0.956. The zero-order chi connectivity index (χ0) is 18.6. The smallest absolute Gasteiger partial charge is 0.287 e. The molecule has 9 heteroatoms. The fourth-order valence-electron chi connectivity index (χ4n) is 2.18. The minimum Gasteiger partial charge on any atom is -0.340 e. The summed E-state index contributed by atoms with van der Waals surface area (Å²) in [5.41, 5.74) is -1.12. The van der Waals surface area contributed by atoms with E-state index in [1.54, 1.807) is 12.1 Å². The first kappa shape index (κ1) is 17.8. The molecule has 0 saturated carbocycles. The fourth-order valence-corrected chi connectivity index (χ4v) is 2.18. The van der Waals surface area contributed by atoms with Crippen molar-refractivity contribution in [2.45, 2.75) is 13.1 Å². The molecule has 2 aromatic rings. The Hall–Kier alpha value is -3.54. The number of nitriles is 1. The molecule has 0 aliphatic rings. The number of likely N-dealkylation sites (N-methyl/N-ethyl adjacent to an activating group) is 1. The maximum Gasteiger partial charge on any atom is 0.287 e. The average molecular weight is 344 g/mol. The lowest BCUT2D eigenvalue weighted by atomic mass is 10.2. The van der Waals surface area contributed by atoms with Crippen molar-refractivity contribution in [3.05, 3.63) is 73.9 Å². The Balaban J connectivity index is 2.22. The number of halogens is 1. The summed E-state index contributed by atoms with van der Waals surface area (Å²) in [4.78, 5) is 35.7. The number of benzene rings is 1. The van der Waals surface area contributed by atoms with Crippen LogP contribution in [0.2, 0.25) is 0 Å². The van der Waals surface area contributed by atoms with E-state index in [4.69, 9.17) is 5.26 Å². The number of rotatable bonds is 5. The van der Waals surface area contributed by atoms with Crippen LogP contribution in [0.25, 0.3) is 0 Å². The molecule has 25 heavy (non-hydrogen) atoms. The third-order valence-corrected chi connectivity index (χ3v) is 3.44. The van der Waals surface area contributed by atoms with Crippen molar-refractivity contribution in [3.63, 3.8) is 0 Å². The second-order valence-corrected chi connectivity index (χ2v) is 5.29. The first-order valence-corrected chi connectivity index (χ1v) is 7.09. The second kappa shape index (κ2) is 7.35. The number of nitrogens with zero attached hydrogens (tertiary/aromatic N) is 4. The van der Waals surface area contributed by atoms with Crippen LogP contribution in [0.3, 0.4) is 0 Å². The Morgan fingerprint density at radius 2 is 2.16 bits per heavy atom. The summed E-state index contributed by atoms with van der Waals surface area (Å²) in [7, 11) is 1.46. The van der Waals surface area contributed by atoms with Crippen LogP contribution in [0.5, 0.6) is 0 Å². The van der Waals surface area contributed by atoms with Gasteiger partial charge >= 0.3 is 0 Å². The Morgan fingerprint density at radius 3 is 2.76 bits per heavy atom. The van der Waals surface area contributed by atoms with Crippen molar-refractivity contribution in [3.8, 4) is 6.07 Å². The molecule has 0 bridgehead atoms. The van der Waals surface area contributed by atoms with E-state index in [9.17, 15) is 24.1 Å². The van der Waals surface area contributed by atoms with Crippen LogP contribution in [0, 0.1) is 27.3 Å². The van der Waals surface area contributed by atoms with E-state index in [0.717, 1.165) is 16.8 Å². The van der Waals surface area contributed by atoms with Gasteiger partial charge in [0.05, 0.1) is 11.1 Å². The van der Waals surface area contributed by atoms with Crippen LogP contribution in [0.4, 0.5) is 10.1 Å². The van der Waals surface area contributed by atoms with Gasteiger partial charge in [0.2, 0.25) is 5.91 Å². The van der Waals surface area contributed by atoms with Gasteiger partial charge in [-0.05, 0) is 17.7 Å². The van der Waals surface area contributed by atoms with E-state index in [-0.39, 0.29) is 6.54 Å². The Bertz CT molecular complexity index is 932. The third-order valence-electron chi connectivity index (χ3n) is 3.44. The van der Waals surface area contributed by atoms with Gasteiger partial charge in [-0.25, -0.2) is 4.39 Å². The molecule has 0 spiro atoms. The first-order valence-electron chi connectivity index (χ1n) is 7.09. The standard InChI is InChI=1S/C16H13FN4O4/c1-19(8-11-3-2-4-13(17)5-11)15(22)10-20-9-14(21(24)25)6-12(7-18)16(20)23/h2-6,9H,8,10H2,1H3. The predicted molar refractivity (Wildman–Crippen MR) is 84.9 cm³/mol. The summed E-state index contributed by atoms with van der Waals surface area (Å²) in [6, 6.07) is 8.13. The molecule has 1 aromatic heterocycles. The molecular weight excluding hydrogens is 331 g/mol. The monoisotopic (exact) mass is 344 g/mol. The highest BCUT2D eigenvalue weighted by Crippen LogP contribution is 2.11. The maximum absolute atomic E-state index is 13.2. The highest BCUT2D eigenvalue weighted by molar-refractivity contribution is 5.75. The van der Waals surface area contributed by atoms with Crippen LogP contribution in [-0.2, 0) is 17.9 Å². The zero-order valence-electron chi connectivity index (χ0n) is 13.2. The molecule has 0 saturated heterocycles. The zero-order valence-corrected chi connectivity index (χ0v) is 13.2. The second-order valence-electron chi connectivity index (χ2n) is 5.29. The van der Waals surface area contributed by atoms with Gasteiger partial charge in [-0.3, -0.25) is 24.3 Å². The van der Waals surface area contributed by atoms with Crippen LogP contribution in [-0.4, -0.2) is 27.3 Å². The average Bonchev–Trinajstić information content (AvgIpc) is 2.56. The van der Waals surface area contributed by atoms with Crippen molar-refractivity contribution in [2.24, 2.45) is 0 Å². The molecule has 0 aliphatic carbocycles. The lowest BCUT2D eigenvalue weighted by Gasteiger charge is -2.18. The summed E-state index contributed by atoms with van der Waals surface area (Å²) < 4.78 is 14.0. The van der Waals surface area contributed by atoms with E-state index in [0.29, 0.717) is 5.56 Å². The molecule has 0 fully saturated rings.